The average Bonchev–Trinajstić information content (AvgIpc) is 3.20. The van der Waals surface area contributed by atoms with Crippen LogP contribution >= 0.6 is 15.9 Å². The number of ether oxygens (including phenoxy) is 1. The summed E-state index contributed by atoms with van der Waals surface area (Å²) in [7, 11) is 0. The zero-order valence-electron chi connectivity index (χ0n) is 15.9. The molecule has 4 atom stereocenters. The van der Waals surface area contributed by atoms with E-state index in [1.54, 1.807) is 0 Å². The maximum Gasteiger partial charge on any atom is 0.154 e. The molecule has 30 heavy (non-hydrogen) atoms. The summed E-state index contributed by atoms with van der Waals surface area (Å²) in [6, 6.07) is 3.33. The molecule has 2 aliphatic rings. The topological polar surface area (TPSA) is 118 Å². The number of hydrogen-bond acceptors (Lipinski definition) is 7. The summed E-state index contributed by atoms with van der Waals surface area (Å²) in [4.78, 5) is 7.96. The average molecular weight is 478 g/mol. The lowest BCUT2D eigenvalue weighted by Crippen LogP contribution is -2.34. The van der Waals surface area contributed by atoms with E-state index in [0.717, 1.165) is 23.0 Å². The van der Waals surface area contributed by atoms with Crippen molar-refractivity contribution in [2.24, 2.45) is 0 Å². The molecule has 3 aromatic rings. The van der Waals surface area contributed by atoms with Gasteiger partial charge in [0, 0.05) is 29.2 Å². The van der Waals surface area contributed by atoms with Gasteiger partial charge >= 0.3 is 0 Å². The van der Waals surface area contributed by atoms with Crippen LogP contribution in [0.15, 0.2) is 29.1 Å². The van der Waals surface area contributed by atoms with Crippen molar-refractivity contribution in [3.8, 4) is 5.75 Å². The van der Waals surface area contributed by atoms with Gasteiger partial charge < -0.3 is 30.6 Å². The van der Waals surface area contributed by atoms with Crippen LogP contribution in [0.25, 0.3) is 11.0 Å². The van der Waals surface area contributed by atoms with Crippen molar-refractivity contribution in [3.63, 3.8) is 0 Å². The number of rotatable bonds is 3. The predicted molar refractivity (Wildman–Crippen MR) is 112 cm³/mol. The van der Waals surface area contributed by atoms with Gasteiger partial charge in [0.15, 0.2) is 5.82 Å². The number of nitrogens with one attached hydrogen (secondary N) is 1. The van der Waals surface area contributed by atoms with E-state index in [1.165, 1.54) is 22.7 Å². The van der Waals surface area contributed by atoms with Crippen LogP contribution in [0, 0.1) is 5.82 Å². The highest BCUT2D eigenvalue weighted by molar-refractivity contribution is 9.10. The molecule has 8 nitrogen and oxygen atoms in total. The molecular formula is C20H21BrFN5O3. The van der Waals surface area contributed by atoms with Gasteiger partial charge in [0.2, 0.25) is 0 Å². The number of aliphatic hydroxyl groups is 2. The van der Waals surface area contributed by atoms with E-state index in [9.17, 15) is 14.6 Å². The van der Waals surface area contributed by atoms with E-state index in [2.05, 4.69) is 37.3 Å². The number of nitrogen functional groups attached to an aromatic ring is 1. The molecule has 0 unspecified atom stereocenters. The summed E-state index contributed by atoms with van der Waals surface area (Å²) >= 11 is 3.52. The van der Waals surface area contributed by atoms with E-state index in [-0.39, 0.29) is 23.3 Å². The Morgan fingerprint density at radius 3 is 2.93 bits per heavy atom. The first-order valence-electron chi connectivity index (χ1n) is 9.75. The van der Waals surface area contributed by atoms with Crippen molar-refractivity contribution in [1.29, 1.82) is 0 Å². The summed E-state index contributed by atoms with van der Waals surface area (Å²) in [5.74, 6) is 0.130. The van der Waals surface area contributed by atoms with Gasteiger partial charge in [-0.05, 0) is 30.7 Å². The fraction of sp³-hybridized carbons (Fsp3) is 0.400. The molecule has 3 heterocycles. The van der Waals surface area contributed by atoms with Crippen LogP contribution in [0.2, 0.25) is 0 Å². The van der Waals surface area contributed by atoms with Gasteiger partial charge in [-0.15, -0.1) is 0 Å². The van der Waals surface area contributed by atoms with Crippen molar-refractivity contribution >= 4 is 32.8 Å². The second kappa shape index (κ2) is 7.45. The first kappa shape index (κ1) is 19.7. The Morgan fingerprint density at radius 2 is 2.10 bits per heavy atom. The Bertz CT molecular complexity index is 1120. The first-order chi connectivity index (χ1) is 14.4. The fourth-order valence-corrected chi connectivity index (χ4v) is 4.95. The third-order valence-corrected chi connectivity index (χ3v) is 6.42. The van der Waals surface area contributed by atoms with Gasteiger partial charge in [-0.2, -0.15) is 0 Å². The number of aromatic nitrogens is 3. The van der Waals surface area contributed by atoms with E-state index in [1.807, 2.05) is 6.07 Å². The molecule has 1 fully saturated rings. The molecule has 5 N–H and O–H groups in total. The quantitative estimate of drug-likeness (QED) is 0.453. The normalized spacial score (nSPS) is 26.1. The molecule has 0 amide bonds. The molecule has 0 saturated heterocycles. The standard InChI is InChI=1S/C20H21BrFN5O3/c21-10-3-9-1-2-24-6-11(9)14(4-10)30-15-5-13(17(28)18(15)29)27-7-12(22)16-19(23)25-8-26-20(16)27/h3-4,7-8,13,15,17-18,24,28-29H,1-2,5-6H2,(H2,23,25,26)/t13-,15+,17+,18-/m1/s1. The van der Waals surface area contributed by atoms with Crippen molar-refractivity contribution in [1.82, 2.24) is 19.9 Å². The van der Waals surface area contributed by atoms with Crippen molar-refractivity contribution < 1.29 is 19.3 Å². The van der Waals surface area contributed by atoms with Crippen LogP contribution < -0.4 is 15.8 Å². The van der Waals surface area contributed by atoms with Crippen molar-refractivity contribution in [2.45, 2.75) is 43.7 Å². The van der Waals surface area contributed by atoms with E-state index in [4.69, 9.17) is 10.5 Å². The summed E-state index contributed by atoms with van der Waals surface area (Å²) < 4.78 is 23.0. The number of hydrogen-bond donors (Lipinski definition) is 4. The highest BCUT2D eigenvalue weighted by Gasteiger charge is 2.45. The second-order valence-corrected chi connectivity index (χ2v) is 8.67. The first-order valence-corrected chi connectivity index (χ1v) is 10.5. The number of aliphatic hydroxyl groups excluding tert-OH is 2. The number of benzene rings is 1. The summed E-state index contributed by atoms with van der Waals surface area (Å²) in [5.41, 5.74) is 8.30. The molecule has 1 aliphatic carbocycles. The smallest absolute Gasteiger partial charge is 0.154 e. The minimum Gasteiger partial charge on any atom is -0.487 e. The maximum atomic E-state index is 14.5. The van der Waals surface area contributed by atoms with Crippen LogP contribution in [0.5, 0.6) is 5.75 Å². The summed E-state index contributed by atoms with van der Waals surface area (Å²) in [6.45, 7) is 1.57. The molecular weight excluding hydrogens is 457 g/mol. The number of nitrogens with two attached hydrogens (primary N) is 1. The summed E-state index contributed by atoms with van der Waals surface area (Å²) in [6.07, 6.45) is 0.709. The van der Waals surface area contributed by atoms with Crippen LogP contribution in [-0.4, -0.2) is 49.6 Å². The Labute approximate surface area is 180 Å². The zero-order chi connectivity index (χ0) is 21.0. The van der Waals surface area contributed by atoms with Gasteiger partial charge in [0.25, 0.3) is 0 Å². The van der Waals surface area contributed by atoms with Gasteiger partial charge in [-0.1, -0.05) is 15.9 Å². The Hall–Kier alpha value is -2.27. The lowest BCUT2D eigenvalue weighted by atomic mass is 10.00. The maximum absolute atomic E-state index is 14.5. The van der Waals surface area contributed by atoms with Crippen LogP contribution in [-0.2, 0) is 13.0 Å². The molecule has 1 aliphatic heterocycles. The highest BCUT2D eigenvalue weighted by atomic mass is 79.9. The third-order valence-electron chi connectivity index (χ3n) is 5.97. The van der Waals surface area contributed by atoms with E-state index in [0.29, 0.717) is 12.3 Å². The lowest BCUT2D eigenvalue weighted by Gasteiger charge is -2.24. The number of fused-ring (bicyclic) bond motifs is 2. The Kier molecular flexibility index (Phi) is 4.89. The van der Waals surface area contributed by atoms with Gasteiger partial charge in [-0.3, -0.25) is 0 Å². The Balaban J connectivity index is 1.47. The molecule has 1 aromatic carbocycles. The predicted octanol–water partition coefficient (Wildman–Crippen LogP) is 1.67. The van der Waals surface area contributed by atoms with Crippen molar-refractivity contribution in [2.75, 3.05) is 12.3 Å². The second-order valence-electron chi connectivity index (χ2n) is 7.75. The van der Waals surface area contributed by atoms with E-state index >= 15 is 0 Å². The van der Waals surface area contributed by atoms with E-state index < -0.39 is 30.2 Å². The fourth-order valence-electron chi connectivity index (χ4n) is 4.47. The summed E-state index contributed by atoms with van der Waals surface area (Å²) in [5, 5.41) is 24.8. The van der Waals surface area contributed by atoms with Crippen LogP contribution in [0.3, 0.4) is 0 Å². The minimum absolute atomic E-state index is 0.0327. The van der Waals surface area contributed by atoms with Crippen LogP contribution in [0.1, 0.15) is 23.6 Å². The lowest BCUT2D eigenvalue weighted by molar-refractivity contribution is -0.0167. The molecule has 5 rings (SSSR count). The molecule has 2 aromatic heterocycles. The monoisotopic (exact) mass is 477 g/mol. The highest BCUT2D eigenvalue weighted by Crippen LogP contribution is 2.39. The largest absolute Gasteiger partial charge is 0.487 e. The molecule has 0 bridgehead atoms. The number of anilines is 1. The van der Waals surface area contributed by atoms with Gasteiger partial charge in [-0.25, -0.2) is 14.4 Å². The third kappa shape index (κ3) is 3.15. The Morgan fingerprint density at radius 1 is 1.27 bits per heavy atom. The minimum atomic E-state index is -1.15. The SMILES string of the molecule is Nc1ncnc2c1c(F)cn2[C@@H]1C[C@H](Oc2cc(Br)cc3c2CNCC3)[C@@H](O)[C@H]1O. The van der Waals surface area contributed by atoms with Gasteiger partial charge in [0.05, 0.1) is 11.4 Å². The molecule has 0 radical (unpaired) electrons. The van der Waals surface area contributed by atoms with Crippen LogP contribution in [0.4, 0.5) is 10.2 Å². The van der Waals surface area contributed by atoms with Crippen molar-refractivity contribution in [3.05, 3.63) is 46.1 Å². The molecule has 158 valence electrons. The molecule has 1 saturated carbocycles. The number of halogens is 2. The zero-order valence-corrected chi connectivity index (χ0v) is 17.5. The molecule has 0 spiro atoms. The molecule has 10 heteroatoms. The number of nitrogens with zero attached hydrogens (tertiary/aromatic N) is 3. The van der Waals surface area contributed by atoms with Gasteiger partial charge in [0.1, 0.15) is 41.9 Å².